The molecule has 0 atom stereocenters. The molecule has 3 aromatic rings. The second-order valence-corrected chi connectivity index (χ2v) is 5.64. The van der Waals surface area contributed by atoms with E-state index in [1.54, 1.807) is 12.3 Å². The van der Waals surface area contributed by atoms with Gasteiger partial charge in [0.05, 0.1) is 17.8 Å². The van der Waals surface area contributed by atoms with Crippen molar-refractivity contribution < 1.29 is 4.39 Å². The number of hydrogen-bond donors (Lipinski definition) is 1. The molecule has 0 saturated carbocycles. The average molecular weight is 332 g/mol. The third kappa shape index (κ3) is 3.81. The van der Waals surface area contributed by atoms with Crippen molar-refractivity contribution in [2.75, 3.05) is 11.9 Å². The molecule has 1 aromatic heterocycles. The van der Waals surface area contributed by atoms with Gasteiger partial charge in [-0.1, -0.05) is 31.2 Å². The molecule has 0 fully saturated rings. The minimum atomic E-state index is -0.415. The Bertz CT molecular complexity index is 931. The lowest BCUT2D eigenvalue weighted by atomic mass is 9.97. The minimum Gasteiger partial charge on any atom is -0.369 e. The first-order valence-corrected chi connectivity index (χ1v) is 8.08. The highest BCUT2D eigenvalue weighted by Crippen LogP contribution is 2.29. The van der Waals surface area contributed by atoms with Gasteiger partial charge in [0, 0.05) is 12.1 Å². The third-order valence-corrected chi connectivity index (χ3v) is 3.82. The number of hydrogen-bond acceptors (Lipinski definition) is 4. The van der Waals surface area contributed by atoms with Gasteiger partial charge in [-0.05, 0) is 47.4 Å². The van der Waals surface area contributed by atoms with Gasteiger partial charge in [-0.15, -0.1) is 5.10 Å². The zero-order valence-corrected chi connectivity index (χ0v) is 13.8. The van der Waals surface area contributed by atoms with Crippen molar-refractivity contribution in [3.63, 3.8) is 0 Å². The number of aromatic nitrogens is 2. The quantitative estimate of drug-likeness (QED) is 0.739. The highest BCUT2D eigenvalue weighted by atomic mass is 19.1. The van der Waals surface area contributed by atoms with Crippen LogP contribution in [0.1, 0.15) is 18.9 Å². The molecule has 0 aliphatic rings. The first-order valence-electron chi connectivity index (χ1n) is 8.08. The number of halogens is 1. The van der Waals surface area contributed by atoms with Gasteiger partial charge in [-0.3, -0.25) is 0 Å². The number of anilines is 1. The van der Waals surface area contributed by atoms with Gasteiger partial charge < -0.3 is 5.32 Å². The maximum absolute atomic E-state index is 13.4. The molecule has 0 spiro atoms. The van der Waals surface area contributed by atoms with Crippen molar-refractivity contribution in [1.29, 1.82) is 5.26 Å². The second-order valence-electron chi connectivity index (χ2n) is 5.64. The van der Waals surface area contributed by atoms with Gasteiger partial charge in [-0.25, -0.2) is 4.39 Å². The largest absolute Gasteiger partial charge is 0.369 e. The summed E-state index contributed by atoms with van der Waals surface area (Å²) in [4.78, 5) is 0. The SMILES string of the molecule is CCCNc1cc(-c2cccc(-c3ccc(F)cc3C#N)c2)cnn1. The molecule has 0 saturated heterocycles. The summed E-state index contributed by atoms with van der Waals surface area (Å²) in [5.41, 5.74) is 3.76. The first-order chi connectivity index (χ1) is 12.2. The lowest BCUT2D eigenvalue weighted by molar-refractivity contribution is 0.627. The van der Waals surface area contributed by atoms with E-state index in [0.29, 0.717) is 11.1 Å². The smallest absolute Gasteiger partial charge is 0.149 e. The van der Waals surface area contributed by atoms with Crippen LogP contribution in [0.2, 0.25) is 0 Å². The summed E-state index contributed by atoms with van der Waals surface area (Å²) in [5, 5.41) is 20.6. The van der Waals surface area contributed by atoms with E-state index >= 15 is 0 Å². The number of benzene rings is 2. The molecule has 0 bridgehead atoms. The number of nitriles is 1. The van der Waals surface area contributed by atoms with Gasteiger partial charge in [0.1, 0.15) is 11.6 Å². The lowest BCUT2D eigenvalue weighted by Gasteiger charge is -2.09. The maximum atomic E-state index is 13.4. The van der Waals surface area contributed by atoms with E-state index in [0.717, 1.165) is 35.5 Å². The molecule has 4 nitrogen and oxygen atoms in total. The summed E-state index contributed by atoms with van der Waals surface area (Å²) in [6, 6.07) is 16.0. The van der Waals surface area contributed by atoms with Crippen LogP contribution in [0.25, 0.3) is 22.3 Å². The van der Waals surface area contributed by atoms with Crippen molar-refractivity contribution in [1.82, 2.24) is 10.2 Å². The van der Waals surface area contributed by atoms with Gasteiger partial charge >= 0.3 is 0 Å². The van der Waals surface area contributed by atoms with Crippen molar-refractivity contribution >= 4 is 5.82 Å². The van der Waals surface area contributed by atoms with E-state index in [4.69, 9.17) is 0 Å². The van der Waals surface area contributed by atoms with Gasteiger partial charge in [0.25, 0.3) is 0 Å². The molecule has 2 aromatic carbocycles. The Balaban J connectivity index is 1.99. The topological polar surface area (TPSA) is 61.6 Å². The van der Waals surface area contributed by atoms with E-state index in [1.807, 2.05) is 30.3 Å². The molecule has 0 radical (unpaired) electrons. The monoisotopic (exact) mass is 332 g/mol. The number of rotatable bonds is 5. The predicted octanol–water partition coefficient (Wildman–Crippen LogP) is 4.64. The normalized spacial score (nSPS) is 10.3. The van der Waals surface area contributed by atoms with Crippen LogP contribution in [-0.4, -0.2) is 16.7 Å². The second kappa shape index (κ2) is 7.54. The molecule has 3 rings (SSSR count). The average Bonchev–Trinajstić information content (AvgIpc) is 2.66. The fourth-order valence-corrected chi connectivity index (χ4v) is 2.59. The molecule has 1 heterocycles. The van der Waals surface area contributed by atoms with Crippen LogP contribution in [0.15, 0.2) is 54.7 Å². The number of nitrogens with zero attached hydrogens (tertiary/aromatic N) is 3. The predicted molar refractivity (Wildman–Crippen MR) is 96.4 cm³/mol. The van der Waals surface area contributed by atoms with Crippen LogP contribution in [0.4, 0.5) is 10.2 Å². The Kier molecular flexibility index (Phi) is 5.00. The number of nitrogens with one attached hydrogen (secondary N) is 1. The van der Waals surface area contributed by atoms with E-state index in [9.17, 15) is 9.65 Å². The van der Waals surface area contributed by atoms with E-state index in [2.05, 4.69) is 28.5 Å². The molecule has 25 heavy (non-hydrogen) atoms. The Hall–Kier alpha value is -3.26. The molecule has 0 unspecified atom stereocenters. The zero-order chi connectivity index (χ0) is 17.6. The highest BCUT2D eigenvalue weighted by Gasteiger charge is 2.08. The van der Waals surface area contributed by atoms with Gasteiger partial charge in [0.2, 0.25) is 0 Å². The fraction of sp³-hybridized carbons (Fsp3) is 0.150. The summed E-state index contributed by atoms with van der Waals surface area (Å²) in [5.74, 6) is 0.311. The van der Waals surface area contributed by atoms with Crippen LogP contribution in [0, 0.1) is 17.1 Å². The third-order valence-electron chi connectivity index (χ3n) is 3.82. The highest BCUT2D eigenvalue weighted by molar-refractivity contribution is 5.76. The van der Waals surface area contributed by atoms with E-state index in [1.165, 1.54) is 12.1 Å². The van der Waals surface area contributed by atoms with Crippen molar-refractivity contribution in [3.05, 3.63) is 66.1 Å². The van der Waals surface area contributed by atoms with Crippen LogP contribution >= 0.6 is 0 Å². The van der Waals surface area contributed by atoms with Crippen LogP contribution in [0.3, 0.4) is 0 Å². The molecular weight excluding hydrogens is 315 g/mol. The van der Waals surface area contributed by atoms with Crippen LogP contribution in [-0.2, 0) is 0 Å². The van der Waals surface area contributed by atoms with E-state index in [-0.39, 0.29) is 0 Å². The molecule has 5 heteroatoms. The molecule has 0 aliphatic heterocycles. The van der Waals surface area contributed by atoms with Crippen LogP contribution < -0.4 is 5.32 Å². The first kappa shape index (κ1) is 16.6. The van der Waals surface area contributed by atoms with Crippen molar-refractivity contribution in [2.24, 2.45) is 0 Å². The summed E-state index contributed by atoms with van der Waals surface area (Å²) in [6.45, 7) is 2.92. The molecule has 0 amide bonds. The van der Waals surface area contributed by atoms with E-state index < -0.39 is 5.82 Å². The zero-order valence-electron chi connectivity index (χ0n) is 13.8. The van der Waals surface area contributed by atoms with Crippen molar-refractivity contribution in [2.45, 2.75) is 13.3 Å². The minimum absolute atomic E-state index is 0.315. The lowest BCUT2D eigenvalue weighted by Crippen LogP contribution is -2.02. The molecule has 0 aliphatic carbocycles. The maximum Gasteiger partial charge on any atom is 0.149 e. The Morgan fingerprint density at radius 1 is 1.08 bits per heavy atom. The summed E-state index contributed by atoms with van der Waals surface area (Å²) in [6.07, 6.45) is 2.70. The van der Waals surface area contributed by atoms with Gasteiger partial charge in [0.15, 0.2) is 0 Å². The molecular formula is C20H17FN4. The van der Waals surface area contributed by atoms with Gasteiger partial charge in [-0.2, -0.15) is 10.4 Å². The summed E-state index contributed by atoms with van der Waals surface area (Å²) in [7, 11) is 0. The van der Waals surface area contributed by atoms with Crippen LogP contribution in [0.5, 0.6) is 0 Å². The fourth-order valence-electron chi connectivity index (χ4n) is 2.59. The molecule has 124 valence electrons. The Labute approximate surface area is 146 Å². The Morgan fingerprint density at radius 3 is 2.72 bits per heavy atom. The Morgan fingerprint density at radius 2 is 1.92 bits per heavy atom. The van der Waals surface area contributed by atoms with Crippen molar-refractivity contribution in [3.8, 4) is 28.3 Å². The molecule has 1 N–H and O–H groups in total. The summed E-state index contributed by atoms with van der Waals surface area (Å²) >= 11 is 0. The summed E-state index contributed by atoms with van der Waals surface area (Å²) < 4.78 is 13.4. The standard InChI is InChI=1S/C20H17FN4/c1-2-8-23-20-11-17(13-24-25-20)14-4-3-5-15(9-14)19-7-6-18(21)10-16(19)12-22/h3-7,9-11,13H,2,8H2,1H3,(H,23,25).